The molecule has 0 saturated heterocycles. The van der Waals surface area contributed by atoms with Gasteiger partial charge in [-0.1, -0.05) is 18.9 Å². The summed E-state index contributed by atoms with van der Waals surface area (Å²) in [7, 11) is 3.20. The average molecular weight is 387 g/mol. The number of esters is 1. The number of carbonyl (C=O) groups excluding carboxylic acids is 2. The van der Waals surface area contributed by atoms with E-state index in [2.05, 4.69) is 5.32 Å². The lowest BCUT2D eigenvalue weighted by Crippen LogP contribution is -2.40. The lowest BCUT2D eigenvalue weighted by molar-refractivity contribution is -0.148. The topological polar surface area (TPSA) is 73.9 Å². The summed E-state index contributed by atoms with van der Waals surface area (Å²) in [6.07, 6.45) is 6.30. The third-order valence-electron chi connectivity index (χ3n) is 5.71. The fourth-order valence-electron chi connectivity index (χ4n) is 4.22. The van der Waals surface area contributed by atoms with Crippen LogP contribution in [0.15, 0.2) is 29.3 Å². The van der Waals surface area contributed by atoms with Gasteiger partial charge in [-0.15, -0.1) is 0 Å². The zero-order valence-corrected chi connectivity index (χ0v) is 16.9. The third-order valence-corrected chi connectivity index (χ3v) is 5.71. The van der Waals surface area contributed by atoms with Crippen LogP contribution in [0.4, 0.5) is 0 Å². The van der Waals surface area contributed by atoms with E-state index in [0.29, 0.717) is 35.6 Å². The van der Waals surface area contributed by atoms with Crippen molar-refractivity contribution in [1.82, 2.24) is 5.32 Å². The molecule has 1 amide bonds. The Morgan fingerprint density at radius 3 is 2.43 bits per heavy atom. The molecule has 6 nitrogen and oxygen atoms in total. The standard InChI is InChI=1S/C22H29NO5/c1-15-19(22(28-21(15)25)11-6-4-5-7-12-22)20(24)23-13-10-16-8-9-17(26-2)18(14-16)27-3/h8-9,14H,4-7,10-13H2,1-3H3,(H,23,24). The molecule has 0 radical (unpaired) electrons. The third kappa shape index (κ3) is 4.01. The highest BCUT2D eigenvalue weighted by Crippen LogP contribution is 2.42. The molecule has 0 bridgehead atoms. The molecule has 1 aromatic rings. The van der Waals surface area contributed by atoms with E-state index >= 15 is 0 Å². The molecule has 28 heavy (non-hydrogen) atoms. The van der Waals surface area contributed by atoms with Crippen molar-refractivity contribution >= 4 is 11.9 Å². The molecule has 1 aliphatic heterocycles. The van der Waals surface area contributed by atoms with Crippen molar-refractivity contribution < 1.29 is 23.8 Å². The van der Waals surface area contributed by atoms with Gasteiger partial charge in [0.1, 0.15) is 5.60 Å². The molecule has 3 rings (SSSR count). The van der Waals surface area contributed by atoms with Gasteiger partial charge in [-0.25, -0.2) is 4.79 Å². The van der Waals surface area contributed by atoms with Crippen LogP contribution in [0.2, 0.25) is 0 Å². The zero-order valence-electron chi connectivity index (χ0n) is 16.9. The van der Waals surface area contributed by atoms with Crippen molar-refractivity contribution in [1.29, 1.82) is 0 Å². The second-order valence-electron chi connectivity index (χ2n) is 7.49. The predicted molar refractivity (Wildman–Crippen MR) is 105 cm³/mol. The number of rotatable bonds is 6. The second kappa shape index (κ2) is 8.67. The van der Waals surface area contributed by atoms with Gasteiger partial charge in [0, 0.05) is 12.1 Å². The van der Waals surface area contributed by atoms with Gasteiger partial charge in [0.2, 0.25) is 0 Å². The average Bonchev–Trinajstić information content (AvgIpc) is 2.83. The van der Waals surface area contributed by atoms with Crippen LogP contribution in [0.1, 0.15) is 51.0 Å². The molecule has 1 aromatic carbocycles. The van der Waals surface area contributed by atoms with Crippen LogP contribution in [-0.2, 0) is 20.7 Å². The fraction of sp³-hybridized carbons (Fsp3) is 0.545. The van der Waals surface area contributed by atoms with Crippen LogP contribution in [0.5, 0.6) is 11.5 Å². The molecule has 2 aliphatic rings. The van der Waals surface area contributed by atoms with Crippen LogP contribution >= 0.6 is 0 Å². The van der Waals surface area contributed by atoms with Crippen molar-refractivity contribution in [2.24, 2.45) is 0 Å². The maximum Gasteiger partial charge on any atom is 0.335 e. The van der Waals surface area contributed by atoms with Crippen molar-refractivity contribution in [3.05, 3.63) is 34.9 Å². The van der Waals surface area contributed by atoms with Gasteiger partial charge >= 0.3 is 5.97 Å². The maximum absolute atomic E-state index is 13.0. The molecule has 0 atom stereocenters. The molecule has 0 unspecified atom stereocenters. The molecule has 1 aliphatic carbocycles. The molecule has 6 heteroatoms. The second-order valence-corrected chi connectivity index (χ2v) is 7.49. The predicted octanol–water partition coefficient (Wildman–Crippen LogP) is 3.33. The van der Waals surface area contributed by atoms with E-state index in [-0.39, 0.29) is 11.9 Å². The molecular weight excluding hydrogens is 358 g/mol. The Bertz CT molecular complexity index is 775. The Hall–Kier alpha value is -2.50. The normalized spacial score (nSPS) is 18.6. The highest BCUT2D eigenvalue weighted by molar-refractivity contribution is 6.07. The Balaban J connectivity index is 1.67. The van der Waals surface area contributed by atoms with Crippen molar-refractivity contribution in [2.45, 2.75) is 57.5 Å². The van der Waals surface area contributed by atoms with Crippen molar-refractivity contribution in [3.63, 3.8) is 0 Å². The first-order chi connectivity index (χ1) is 13.5. The number of benzene rings is 1. The number of nitrogens with one attached hydrogen (secondary N) is 1. The summed E-state index contributed by atoms with van der Waals surface area (Å²) >= 11 is 0. The van der Waals surface area contributed by atoms with Crippen LogP contribution in [0, 0.1) is 0 Å². The smallest absolute Gasteiger partial charge is 0.335 e. The van der Waals surface area contributed by atoms with Gasteiger partial charge in [0.25, 0.3) is 5.91 Å². The first-order valence-corrected chi connectivity index (χ1v) is 9.94. The SMILES string of the molecule is COc1ccc(CCNC(=O)C2=C(C)C(=O)OC23CCCCCC3)cc1OC. The lowest BCUT2D eigenvalue weighted by Gasteiger charge is -2.29. The van der Waals surface area contributed by atoms with Crippen molar-refractivity contribution in [2.75, 3.05) is 20.8 Å². The molecule has 1 spiro atoms. The van der Waals surface area contributed by atoms with Crippen molar-refractivity contribution in [3.8, 4) is 11.5 Å². The zero-order chi connectivity index (χ0) is 20.1. The summed E-state index contributed by atoms with van der Waals surface area (Å²) in [4.78, 5) is 25.2. The molecule has 1 N–H and O–H groups in total. The minimum atomic E-state index is -0.731. The summed E-state index contributed by atoms with van der Waals surface area (Å²) in [5.74, 6) is 0.794. The minimum Gasteiger partial charge on any atom is -0.493 e. The molecule has 1 saturated carbocycles. The Morgan fingerprint density at radius 1 is 1.11 bits per heavy atom. The Morgan fingerprint density at radius 2 is 1.79 bits per heavy atom. The highest BCUT2D eigenvalue weighted by Gasteiger charge is 2.48. The maximum atomic E-state index is 13.0. The molecule has 1 fully saturated rings. The first-order valence-electron chi connectivity index (χ1n) is 9.94. The van der Waals surface area contributed by atoms with Gasteiger partial charge in [-0.2, -0.15) is 0 Å². The van der Waals surface area contributed by atoms with E-state index in [1.807, 2.05) is 18.2 Å². The highest BCUT2D eigenvalue weighted by atomic mass is 16.6. The number of hydrogen-bond donors (Lipinski definition) is 1. The van der Waals surface area contributed by atoms with E-state index in [1.54, 1.807) is 21.1 Å². The summed E-state index contributed by atoms with van der Waals surface area (Å²) in [5, 5.41) is 2.98. The van der Waals surface area contributed by atoms with Crippen LogP contribution in [0.3, 0.4) is 0 Å². The van der Waals surface area contributed by atoms with E-state index in [1.165, 1.54) is 0 Å². The van der Waals surface area contributed by atoms with E-state index in [9.17, 15) is 9.59 Å². The largest absolute Gasteiger partial charge is 0.493 e. The minimum absolute atomic E-state index is 0.189. The van der Waals surface area contributed by atoms with E-state index < -0.39 is 5.60 Å². The van der Waals surface area contributed by atoms with Gasteiger partial charge in [-0.3, -0.25) is 4.79 Å². The van der Waals surface area contributed by atoms with E-state index in [4.69, 9.17) is 14.2 Å². The van der Waals surface area contributed by atoms with Gasteiger partial charge < -0.3 is 19.5 Å². The quantitative estimate of drug-likeness (QED) is 0.758. The molecule has 1 heterocycles. The number of amides is 1. The molecule has 152 valence electrons. The summed E-state index contributed by atoms with van der Waals surface area (Å²) < 4.78 is 16.3. The first kappa shape index (κ1) is 20.2. The Labute approximate surface area is 166 Å². The number of methoxy groups -OCH3 is 2. The van der Waals surface area contributed by atoms with Crippen LogP contribution < -0.4 is 14.8 Å². The number of carbonyl (C=O) groups is 2. The summed E-state index contributed by atoms with van der Waals surface area (Å²) in [5.41, 5.74) is 1.29. The molecule has 0 aromatic heterocycles. The van der Waals surface area contributed by atoms with Gasteiger partial charge in [-0.05, 0) is 56.7 Å². The Kier molecular flexibility index (Phi) is 6.27. The fourth-order valence-corrected chi connectivity index (χ4v) is 4.22. The summed E-state index contributed by atoms with van der Waals surface area (Å²) in [6, 6.07) is 5.71. The number of hydrogen-bond acceptors (Lipinski definition) is 5. The van der Waals surface area contributed by atoms with Gasteiger partial charge in [0.15, 0.2) is 11.5 Å². The van der Waals surface area contributed by atoms with Crippen LogP contribution in [0.25, 0.3) is 0 Å². The summed E-state index contributed by atoms with van der Waals surface area (Å²) in [6.45, 7) is 2.17. The van der Waals surface area contributed by atoms with Crippen LogP contribution in [-0.4, -0.2) is 38.2 Å². The number of ether oxygens (including phenoxy) is 3. The van der Waals surface area contributed by atoms with E-state index in [0.717, 1.165) is 44.1 Å². The molecular formula is C22H29NO5. The monoisotopic (exact) mass is 387 g/mol. The lowest BCUT2D eigenvalue weighted by atomic mass is 9.84. The van der Waals surface area contributed by atoms with Gasteiger partial charge in [0.05, 0.1) is 19.8 Å².